The molecule has 2 N–H and O–H groups in total. The molecule has 2 saturated heterocycles. The van der Waals surface area contributed by atoms with Gasteiger partial charge in [-0.25, -0.2) is 13.4 Å². The van der Waals surface area contributed by atoms with E-state index in [2.05, 4.69) is 25.7 Å². The van der Waals surface area contributed by atoms with Gasteiger partial charge in [-0.3, -0.25) is 4.68 Å². The number of aromatic nitrogens is 4. The largest absolute Gasteiger partial charge is 0.373 e. The van der Waals surface area contributed by atoms with Crippen LogP contribution in [-0.2, 0) is 32.1 Å². The maximum absolute atomic E-state index is 12.8. The predicted octanol–water partition coefficient (Wildman–Crippen LogP) is 2.42. The van der Waals surface area contributed by atoms with Crippen molar-refractivity contribution in [2.75, 3.05) is 29.6 Å². The summed E-state index contributed by atoms with van der Waals surface area (Å²) in [5.41, 5.74) is 1.53. The minimum atomic E-state index is -3.31. The first-order valence-corrected chi connectivity index (χ1v) is 13.1. The van der Waals surface area contributed by atoms with Crippen molar-refractivity contribution in [3.05, 3.63) is 59.5 Å². The Bertz CT molecular complexity index is 1260. The lowest BCUT2D eigenvalue weighted by Crippen LogP contribution is -2.36. The molecule has 5 rings (SSSR count). The summed E-state index contributed by atoms with van der Waals surface area (Å²) in [6.07, 6.45) is 4.38. The van der Waals surface area contributed by atoms with Gasteiger partial charge in [0.2, 0.25) is 5.95 Å². The molecule has 3 aromatic rings. The van der Waals surface area contributed by atoms with E-state index in [-0.39, 0.29) is 35.7 Å². The molecule has 1 aromatic carbocycles. The zero-order chi connectivity index (χ0) is 23.7. The molecule has 2 aliphatic rings. The first kappa shape index (κ1) is 23.0. The van der Waals surface area contributed by atoms with Gasteiger partial charge in [0.25, 0.3) is 0 Å². The molecule has 34 heavy (non-hydrogen) atoms. The molecule has 4 unspecified atom stereocenters. The molecule has 2 aromatic heterocycles. The summed E-state index contributed by atoms with van der Waals surface area (Å²) in [5, 5.41) is 10.8. The number of halogens is 1. The molecule has 12 heteroatoms. The van der Waals surface area contributed by atoms with Crippen molar-refractivity contribution in [1.82, 2.24) is 19.7 Å². The maximum atomic E-state index is 12.8. The normalized spacial score (nSPS) is 24.2. The van der Waals surface area contributed by atoms with Gasteiger partial charge in [-0.1, -0.05) is 41.9 Å². The van der Waals surface area contributed by atoms with Crippen LogP contribution in [0.15, 0.2) is 48.9 Å². The molecule has 0 amide bonds. The van der Waals surface area contributed by atoms with E-state index in [0.717, 1.165) is 11.3 Å². The van der Waals surface area contributed by atoms with E-state index in [1.165, 1.54) is 6.20 Å². The number of hydrogen-bond acceptors (Lipinski definition) is 9. The number of fused-ring (bicyclic) bond motifs is 1. The van der Waals surface area contributed by atoms with Gasteiger partial charge >= 0.3 is 0 Å². The Morgan fingerprint density at radius 1 is 1.15 bits per heavy atom. The van der Waals surface area contributed by atoms with E-state index in [9.17, 15) is 8.42 Å². The highest BCUT2D eigenvalue weighted by molar-refractivity contribution is 7.90. The van der Waals surface area contributed by atoms with Gasteiger partial charge in [0.05, 0.1) is 54.9 Å². The molecule has 10 nitrogen and oxygen atoms in total. The minimum Gasteiger partial charge on any atom is -0.373 e. The second kappa shape index (κ2) is 9.49. The highest BCUT2D eigenvalue weighted by Gasteiger charge is 2.49. The number of benzene rings is 1. The fraction of sp³-hybridized carbons (Fsp3) is 0.409. The molecular formula is C22H25ClN6O4S. The average molecular weight is 505 g/mol. The quantitative estimate of drug-likeness (QED) is 0.476. The van der Waals surface area contributed by atoms with Crippen LogP contribution in [0.5, 0.6) is 0 Å². The molecule has 4 heterocycles. The van der Waals surface area contributed by atoms with Crippen LogP contribution in [0.4, 0.5) is 17.5 Å². The highest BCUT2D eigenvalue weighted by atomic mass is 35.5. The molecule has 4 atom stereocenters. The van der Waals surface area contributed by atoms with Crippen molar-refractivity contribution in [2.24, 2.45) is 13.0 Å². The summed E-state index contributed by atoms with van der Waals surface area (Å²) in [6, 6.07) is 8.97. The molecule has 2 aliphatic heterocycles. The lowest BCUT2D eigenvalue weighted by Gasteiger charge is -2.19. The van der Waals surface area contributed by atoms with Crippen LogP contribution in [0.2, 0.25) is 5.02 Å². The Balaban J connectivity index is 1.23. The van der Waals surface area contributed by atoms with Crippen LogP contribution >= 0.6 is 11.6 Å². The molecule has 0 spiro atoms. The van der Waals surface area contributed by atoms with E-state index in [1.807, 2.05) is 37.4 Å². The summed E-state index contributed by atoms with van der Waals surface area (Å²) < 4.78 is 39.2. The highest BCUT2D eigenvalue weighted by Crippen LogP contribution is 2.34. The van der Waals surface area contributed by atoms with Gasteiger partial charge in [-0.2, -0.15) is 10.1 Å². The van der Waals surface area contributed by atoms with Crippen molar-refractivity contribution in [3.63, 3.8) is 0 Å². The number of rotatable bonds is 8. The van der Waals surface area contributed by atoms with Crippen LogP contribution in [0.1, 0.15) is 5.56 Å². The number of ether oxygens (including phenoxy) is 2. The molecule has 0 bridgehead atoms. The lowest BCUT2D eigenvalue weighted by molar-refractivity contribution is 0.0656. The summed E-state index contributed by atoms with van der Waals surface area (Å²) in [7, 11) is -1.49. The van der Waals surface area contributed by atoms with Crippen LogP contribution in [0.3, 0.4) is 0 Å². The van der Waals surface area contributed by atoms with E-state index in [4.69, 9.17) is 21.1 Å². The first-order valence-electron chi connectivity index (χ1n) is 10.9. The van der Waals surface area contributed by atoms with E-state index < -0.39 is 9.84 Å². The monoisotopic (exact) mass is 504 g/mol. The molecule has 0 radical (unpaired) electrons. The van der Waals surface area contributed by atoms with Gasteiger partial charge in [-0.05, 0) is 5.56 Å². The Hall–Kier alpha value is -2.73. The fourth-order valence-electron chi connectivity index (χ4n) is 4.38. The third-order valence-electron chi connectivity index (χ3n) is 5.88. The number of nitrogens with zero attached hydrogens (tertiary/aromatic N) is 4. The summed E-state index contributed by atoms with van der Waals surface area (Å²) in [6.45, 7) is 0.684. The Morgan fingerprint density at radius 3 is 2.71 bits per heavy atom. The van der Waals surface area contributed by atoms with Gasteiger partial charge in [0.1, 0.15) is 11.1 Å². The SMILES string of the molecule is Cn1cc(Nc2ncc(Cl)c(NC3COC4C(CS(=O)(=O)Cc5ccccc5)COC34)n2)cn1. The standard InChI is InChI=1S/C22H25ClN6O4S/c1-29-9-16(7-25-29)26-22-24-8-17(23)21(28-22)27-18-11-33-19-15(10-32-20(18)19)13-34(30,31)12-14-5-3-2-4-6-14/h2-9,15,18-20H,10-13H2,1H3,(H2,24,26,27,28). The number of hydrogen-bond donors (Lipinski definition) is 2. The van der Waals surface area contributed by atoms with Crippen LogP contribution in [0.25, 0.3) is 0 Å². The topological polar surface area (TPSA) is 120 Å². The molecule has 2 fully saturated rings. The predicted molar refractivity (Wildman–Crippen MR) is 128 cm³/mol. The Morgan fingerprint density at radius 2 is 1.94 bits per heavy atom. The minimum absolute atomic E-state index is 0.00661. The third kappa shape index (κ3) is 5.17. The van der Waals surface area contributed by atoms with Crippen molar-refractivity contribution < 1.29 is 17.9 Å². The van der Waals surface area contributed by atoms with Gasteiger partial charge in [-0.15, -0.1) is 0 Å². The summed E-state index contributed by atoms with van der Waals surface area (Å²) in [5.74, 6) is 0.610. The number of sulfone groups is 1. The zero-order valence-corrected chi connectivity index (χ0v) is 20.0. The van der Waals surface area contributed by atoms with Crippen molar-refractivity contribution in [1.29, 1.82) is 0 Å². The number of anilines is 3. The van der Waals surface area contributed by atoms with E-state index >= 15 is 0 Å². The van der Waals surface area contributed by atoms with Gasteiger partial charge in [0, 0.05) is 19.2 Å². The molecule has 0 aliphatic carbocycles. The fourth-order valence-corrected chi connectivity index (χ4v) is 6.28. The average Bonchev–Trinajstić information content (AvgIpc) is 3.49. The van der Waals surface area contributed by atoms with E-state index in [0.29, 0.717) is 30.0 Å². The van der Waals surface area contributed by atoms with Crippen LogP contribution in [-0.4, -0.2) is 65.4 Å². The number of nitrogens with one attached hydrogen (secondary N) is 2. The molecule has 180 valence electrons. The van der Waals surface area contributed by atoms with E-state index in [1.54, 1.807) is 17.1 Å². The summed E-state index contributed by atoms with van der Waals surface area (Å²) in [4.78, 5) is 8.68. The van der Waals surface area contributed by atoms with Crippen LogP contribution < -0.4 is 10.6 Å². The zero-order valence-electron chi connectivity index (χ0n) is 18.5. The summed E-state index contributed by atoms with van der Waals surface area (Å²) >= 11 is 6.32. The number of aryl methyl sites for hydroxylation is 1. The van der Waals surface area contributed by atoms with Gasteiger partial charge in [0.15, 0.2) is 15.7 Å². The Kier molecular flexibility index (Phi) is 6.43. The van der Waals surface area contributed by atoms with Crippen molar-refractivity contribution >= 4 is 38.9 Å². The van der Waals surface area contributed by atoms with Crippen molar-refractivity contribution in [3.8, 4) is 0 Å². The Labute approximate surface area is 202 Å². The van der Waals surface area contributed by atoms with Gasteiger partial charge < -0.3 is 20.1 Å². The smallest absolute Gasteiger partial charge is 0.229 e. The second-order valence-electron chi connectivity index (χ2n) is 8.56. The molecule has 0 saturated carbocycles. The van der Waals surface area contributed by atoms with Crippen molar-refractivity contribution in [2.45, 2.75) is 24.0 Å². The third-order valence-corrected chi connectivity index (χ3v) is 7.87. The lowest BCUT2D eigenvalue weighted by atomic mass is 10.0. The first-order chi connectivity index (χ1) is 16.4. The second-order valence-corrected chi connectivity index (χ2v) is 11.1. The maximum Gasteiger partial charge on any atom is 0.229 e. The van der Waals surface area contributed by atoms with Crippen LogP contribution in [0, 0.1) is 5.92 Å². The molecular weight excluding hydrogens is 480 g/mol.